The van der Waals surface area contributed by atoms with E-state index in [1.165, 1.54) is 6.42 Å². The Morgan fingerprint density at radius 2 is 1.81 bits per heavy atom. The molecule has 0 saturated heterocycles. The Morgan fingerprint density at radius 3 is 2.48 bits per heavy atom. The molecule has 0 heterocycles. The van der Waals surface area contributed by atoms with Crippen molar-refractivity contribution in [2.24, 2.45) is 46.3 Å². The minimum Gasteiger partial charge on any atom is -0.393 e. The molecular formula is C27H44O4. The van der Waals surface area contributed by atoms with Gasteiger partial charge >= 0.3 is 0 Å². The van der Waals surface area contributed by atoms with Crippen LogP contribution < -0.4 is 0 Å². The van der Waals surface area contributed by atoms with Gasteiger partial charge in [-0.2, -0.15) is 0 Å². The number of fused-ring (bicyclic) bond motifs is 5. The molecule has 4 nitrogen and oxygen atoms in total. The average molecular weight is 433 g/mol. The number of aliphatic hydroxyl groups excluding tert-OH is 2. The largest absolute Gasteiger partial charge is 0.393 e. The van der Waals surface area contributed by atoms with E-state index in [1.54, 1.807) is 0 Å². The number of ketones is 1. The van der Waals surface area contributed by atoms with Crippen molar-refractivity contribution in [1.29, 1.82) is 0 Å². The van der Waals surface area contributed by atoms with Crippen molar-refractivity contribution in [2.75, 3.05) is 0 Å². The van der Waals surface area contributed by atoms with Crippen LogP contribution in [0.2, 0.25) is 0 Å². The van der Waals surface area contributed by atoms with Crippen LogP contribution in [0.1, 0.15) is 86.0 Å². The molecule has 0 unspecified atom stereocenters. The zero-order chi connectivity index (χ0) is 22.8. The molecule has 31 heavy (non-hydrogen) atoms. The summed E-state index contributed by atoms with van der Waals surface area (Å²) in [6.07, 6.45) is 9.39. The van der Waals surface area contributed by atoms with E-state index in [0.29, 0.717) is 30.1 Å². The highest BCUT2D eigenvalue weighted by atomic mass is 16.3. The van der Waals surface area contributed by atoms with E-state index in [1.807, 2.05) is 6.92 Å². The second-order valence-corrected chi connectivity index (χ2v) is 12.4. The van der Waals surface area contributed by atoms with Crippen LogP contribution >= 0.6 is 0 Å². The van der Waals surface area contributed by atoms with E-state index in [2.05, 4.69) is 39.8 Å². The fourth-order valence-corrected chi connectivity index (χ4v) is 8.69. The molecule has 0 aromatic rings. The van der Waals surface area contributed by atoms with Gasteiger partial charge in [0.1, 0.15) is 5.60 Å². The quantitative estimate of drug-likeness (QED) is 0.571. The third-order valence-electron chi connectivity index (χ3n) is 10.5. The number of rotatable bonds is 4. The number of allylic oxidation sites excluding steroid dienone is 2. The van der Waals surface area contributed by atoms with Gasteiger partial charge in [0.15, 0.2) is 5.78 Å². The van der Waals surface area contributed by atoms with Crippen LogP contribution in [0.25, 0.3) is 0 Å². The number of carbonyl (C=O) groups excluding carboxylic acids is 1. The molecule has 4 rings (SSSR count). The van der Waals surface area contributed by atoms with E-state index in [0.717, 1.165) is 25.7 Å². The van der Waals surface area contributed by atoms with Gasteiger partial charge in [0.2, 0.25) is 0 Å². The lowest BCUT2D eigenvalue weighted by Gasteiger charge is -2.64. The Bertz CT molecular complexity index is 731. The highest BCUT2D eigenvalue weighted by molar-refractivity contribution is 5.90. The van der Waals surface area contributed by atoms with Crippen molar-refractivity contribution in [3.8, 4) is 0 Å². The molecule has 10 atom stereocenters. The first-order valence-corrected chi connectivity index (χ1v) is 12.7. The van der Waals surface area contributed by atoms with Crippen LogP contribution in [-0.2, 0) is 4.79 Å². The van der Waals surface area contributed by atoms with Gasteiger partial charge in [-0.15, -0.1) is 0 Å². The molecule has 4 aliphatic rings. The standard InChI is InChI=1S/C27H44O4/c1-16(2)7-6-8-17(3)20-9-10-21-19-14-24(30)27(31)15-18(28)13-23(29)26(27,5)22(19)11-12-25(20,21)4/h6,8,16-23,28-29,31H,7,9-15H2,1-5H3/b8-6+/t17-,18+,19+,20-,21+,22+,23-,25-,26+,27+/m1/s1. The summed E-state index contributed by atoms with van der Waals surface area (Å²) in [7, 11) is 0. The Kier molecular flexibility index (Phi) is 6.02. The third-order valence-corrected chi connectivity index (χ3v) is 10.5. The van der Waals surface area contributed by atoms with Crippen LogP contribution in [0.5, 0.6) is 0 Å². The van der Waals surface area contributed by atoms with Gasteiger partial charge in [-0.25, -0.2) is 0 Å². The first-order valence-electron chi connectivity index (χ1n) is 12.7. The van der Waals surface area contributed by atoms with Gasteiger partial charge < -0.3 is 15.3 Å². The normalized spacial score (nSPS) is 50.9. The Labute approximate surface area is 188 Å². The van der Waals surface area contributed by atoms with Gasteiger partial charge in [-0.3, -0.25) is 4.79 Å². The molecule has 4 heteroatoms. The van der Waals surface area contributed by atoms with Crippen molar-refractivity contribution in [1.82, 2.24) is 0 Å². The van der Waals surface area contributed by atoms with Gasteiger partial charge in [0.05, 0.1) is 12.2 Å². The lowest BCUT2D eigenvalue weighted by atomic mass is 9.42. The molecule has 3 N–H and O–H groups in total. The van der Waals surface area contributed by atoms with Crippen molar-refractivity contribution in [3.05, 3.63) is 12.2 Å². The van der Waals surface area contributed by atoms with E-state index < -0.39 is 23.2 Å². The van der Waals surface area contributed by atoms with Crippen LogP contribution in [0, 0.1) is 46.3 Å². The highest BCUT2D eigenvalue weighted by Crippen LogP contribution is 2.68. The number of hydrogen-bond acceptors (Lipinski definition) is 4. The van der Waals surface area contributed by atoms with Crippen molar-refractivity contribution < 1.29 is 20.1 Å². The maximum absolute atomic E-state index is 13.3. The highest BCUT2D eigenvalue weighted by Gasteiger charge is 2.70. The summed E-state index contributed by atoms with van der Waals surface area (Å²) in [6, 6.07) is 0. The molecule has 4 aliphatic carbocycles. The number of carbonyl (C=O) groups is 1. The molecular weight excluding hydrogens is 388 g/mol. The Balaban J connectivity index is 1.60. The lowest BCUT2D eigenvalue weighted by Crippen LogP contribution is -2.71. The summed E-state index contributed by atoms with van der Waals surface area (Å²) in [5, 5.41) is 32.8. The third kappa shape index (κ3) is 3.38. The van der Waals surface area contributed by atoms with Gasteiger partial charge in [0, 0.05) is 24.7 Å². The molecule has 0 aliphatic heterocycles. The number of Topliss-reactive ketones (excluding diaryl/α,β-unsaturated/α-hetero) is 1. The lowest BCUT2D eigenvalue weighted by molar-refractivity contribution is -0.245. The van der Waals surface area contributed by atoms with Crippen LogP contribution in [0.15, 0.2) is 12.2 Å². The molecule has 176 valence electrons. The van der Waals surface area contributed by atoms with Crippen molar-refractivity contribution >= 4 is 5.78 Å². The summed E-state index contributed by atoms with van der Waals surface area (Å²) in [6.45, 7) is 11.3. The SMILES string of the molecule is CC(C)C/C=C/[C@@H](C)[C@H]1CC[C@H]2[C@@H]3CC(=O)[C@@]4(O)C[C@@H](O)C[C@@H](O)[C@]4(C)[C@H]3CC[C@]12C. The topological polar surface area (TPSA) is 77.8 Å². The molecule has 0 amide bonds. The summed E-state index contributed by atoms with van der Waals surface area (Å²) in [4.78, 5) is 13.3. The molecule has 4 saturated carbocycles. The monoisotopic (exact) mass is 432 g/mol. The van der Waals surface area contributed by atoms with Gasteiger partial charge in [-0.05, 0) is 73.0 Å². The summed E-state index contributed by atoms with van der Waals surface area (Å²) < 4.78 is 0. The molecule has 0 aromatic heterocycles. The van der Waals surface area contributed by atoms with E-state index in [-0.39, 0.29) is 35.9 Å². The van der Waals surface area contributed by atoms with Crippen molar-refractivity contribution in [3.63, 3.8) is 0 Å². The smallest absolute Gasteiger partial charge is 0.165 e. The average Bonchev–Trinajstić information content (AvgIpc) is 3.02. The minimum absolute atomic E-state index is 0.0743. The zero-order valence-electron chi connectivity index (χ0n) is 20.2. The summed E-state index contributed by atoms with van der Waals surface area (Å²) in [5.74, 6) is 2.54. The van der Waals surface area contributed by atoms with Crippen LogP contribution in [0.4, 0.5) is 0 Å². The van der Waals surface area contributed by atoms with Crippen LogP contribution in [-0.4, -0.2) is 38.9 Å². The predicted octanol–water partition coefficient (Wildman–Crippen LogP) is 4.51. The van der Waals surface area contributed by atoms with E-state index >= 15 is 0 Å². The van der Waals surface area contributed by atoms with E-state index in [4.69, 9.17) is 0 Å². The summed E-state index contributed by atoms with van der Waals surface area (Å²) >= 11 is 0. The molecule has 4 fully saturated rings. The first kappa shape index (κ1) is 23.4. The molecule has 0 aromatic carbocycles. The van der Waals surface area contributed by atoms with Gasteiger partial charge in [0.25, 0.3) is 0 Å². The number of hydrogen-bond donors (Lipinski definition) is 3. The van der Waals surface area contributed by atoms with Gasteiger partial charge in [-0.1, -0.05) is 46.8 Å². The first-order chi connectivity index (χ1) is 14.4. The van der Waals surface area contributed by atoms with Crippen molar-refractivity contribution in [2.45, 2.75) is 104 Å². The fraction of sp³-hybridized carbons (Fsp3) is 0.889. The second-order valence-electron chi connectivity index (χ2n) is 12.4. The maximum Gasteiger partial charge on any atom is 0.165 e. The fourth-order valence-electron chi connectivity index (χ4n) is 8.69. The zero-order valence-corrected chi connectivity index (χ0v) is 20.2. The molecule has 0 spiro atoms. The number of aliphatic hydroxyl groups is 3. The minimum atomic E-state index is -1.59. The summed E-state index contributed by atoms with van der Waals surface area (Å²) in [5.41, 5.74) is -2.23. The maximum atomic E-state index is 13.3. The molecule has 0 bridgehead atoms. The Morgan fingerprint density at radius 1 is 1.10 bits per heavy atom. The second kappa shape index (κ2) is 7.95. The Hall–Kier alpha value is -0.710. The molecule has 0 radical (unpaired) electrons. The predicted molar refractivity (Wildman–Crippen MR) is 122 cm³/mol. The van der Waals surface area contributed by atoms with E-state index in [9.17, 15) is 20.1 Å². The van der Waals surface area contributed by atoms with Crippen LogP contribution in [0.3, 0.4) is 0 Å².